The van der Waals surface area contributed by atoms with Crippen LogP contribution in [0, 0.1) is 31.6 Å². The Morgan fingerprint density at radius 3 is 2.56 bits per heavy atom. The summed E-state index contributed by atoms with van der Waals surface area (Å²) in [6.45, 7) is 6.36. The molecule has 2 aliphatic rings. The van der Waals surface area contributed by atoms with Gasteiger partial charge in [0.2, 0.25) is 5.91 Å². The van der Waals surface area contributed by atoms with Gasteiger partial charge in [0.1, 0.15) is 0 Å². The molecule has 2 aliphatic carbocycles. The highest BCUT2D eigenvalue weighted by Gasteiger charge is 2.48. The number of fused-ring (bicyclic) bond motifs is 1. The van der Waals surface area contributed by atoms with E-state index < -0.39 is 0 Å². The van der Waals surface area contributed by atoms with Crippen molar-refractivity contribution < 1.29 is 4.79 Å². The fraction of sp³-hybridized carbons (Fsp3) is 0.667. The summed E-state index contributed by atoms with van der Waals surface area (Å²) in [5.41, 5.74) is 1.29. The summed E-state index contributed by atoms with van der Waals surface area (Å²) in [5, 5.41) is 3.20. The highest BCUT2D eigenvalue weighted by atomic mass is 32.1. The first-order chi connectivity index (χ1) is 8.54. The highest BCUT2D eigenvalue weighted by molar-refractivity contribution is 7.12. The smallest absolute Gasteiger partial charge is 0.223 e. The molecule has 1 heterocycles. The van der Waals surface area contributed by atoms with Crippen LogP contribution in [0.3, 0.4) is 0 Å². The molecule has 0 spiro atoms. The molecule has 1 amide bonds. The van der Waals surface area contributed by atoms with Crippen LogP contribution in [0.15, 0.2) is 6.07 Å². The molecule has 0 aliphatic heterocycles. The van der Waals surface area contributed by atoms with Crippen molar-refractivity contribution in [3.63, 3.8) is 0 Å². The van der Waals surface area contributed by atoms with Crippen molar-refractivity contribution in [1.82, 2.24) is 5.32 Å². The third kappa shape index (κ3) is 2.20. The molecule has 0 radical (unpaired) electrons. The molecule has 2 fully saturated rings. The van der Waals surface area contributed by atoms with Crippen molar-refractivity contribution in [2.75, 3.05) is 0 Å². The van der Waals surface area contributed by atoms with Gasteiger partial charge in [0, 0.05) is 15.7 Å². The van der Waals surface area contributed by atoms with Gasteiger partial charge in [-0.3, -0.25) is 4.79 Å². The lowest BCUT2D eigenvalue weighted by Crippen LogP contribution is -2.32. The van der Waals surface area contributed by atoms with Gasteiger partial charge in [0.05, 0.1) is 6.04 Å². The van der Waals surface area contributed by atoms with Crippen LogP contribution in [0.4, 0.5) is 0 Å². The van der Waals surface area contributed by atoms with Crippen LogP contribution in [-0.2, 0) is 4.79 Å². The maximum Gasteiger partial charge on any atom is 0.223 e. The van der Waals surface area contributed by atoms with E-state index in [1.165, 1.54) is 21.7 Å². The van der Waals surface area contributed by atoms with E-state index in [0.717, 1.165) is 24.7 Å². The first kappa shape index (κ1) is 12.2. The van der Waals surface area contributed by atoms with E-state index in [-0.39, 0.29) is 17.9 Å². The summed E-state index contributed by atoms with van der Waals surface area (Å²) in [4.78, 5) is 14.9. The van der Waals surface area contributed by atoms with Gasteiger partial charge in [-0.05, 0) is 63.5 Å². The number of thiophene rings is 1. The first-order valence-corrected chi connectivity index (χ1v) is 7.73. The summed E-state index contributed by atoms with van der Waals surface area (Å²) < 4.78 is 0. The maximum absolute atomic E-state index is 12.2. The van der Waals surface area contributed by atoms with Crippen LogP contribution in [0.1, 0.15) is 47.5 Å². The van der Waals surface area contributed by atoms with Crippen LogP contribution < -0.4 is 5.32 Å². The van der Waals surface area contributed by atoms with Crippen molar-refractivity contribution in [3.05, 3.63) is 21.4 Å². The SMILES string of the molecule is Cc1cc(C(C)NC(=O)C2CC3CC3C2)c(C)s1. The van der Waals surface area contributed by atoms with Crippen LogP contribution in [-0.4, -0.2) is 5.91 Å². The molecule has 98 valence electrons. The molecule has 1 aromatic rings. The van der Waals surface area contributed by atoms with Gasteiger partial charge in [-0.2, -0.15) is 0 Å². The van der Waals surface area contributed by atoms with E-state index >= 15 is 0 Å². The molecule has 3 heteroatoms. The number of nitrogens with one attached hydrogen (secondary N) is 1. The fourth-order valence-electron chi connectivity index (χ4n) is 3.42. The molecule has 1 aromatic heterocycles. The zero-order valence-electron chi connectivity index (χ0n) is 11.3. The summed E-state index contributed by atoms with van der Waals surface area (Å²) in [6.07, 6.45) is 3.64. The van der Waals surface area contributed by atoms with Gasteiger partial charge >= 0.3 is 0 Å². The minimum Gasteiger partial charge on any atom is -0.349 e. The average molecular weight is 263 g/mol. The molecule has 0 saturated heterocycles. The molecule has 3 atom stereocenters. The molecule has 3 unspecified atom stereocenters. The second-order valence-corrected chi connectivity index (χ2v) is 7.48. The van der Waals surface area contributed by atoms with Crippen LogP contribution in [0.25, 0.3) is 0 Å². The van der Waals surface area contributed by atoms with Gasteiger partial charge in [-0.15, -0.1) is 11.3 Å². The van der Waals surface area contributed by atoms with Crippen molar-refractivity contribution in [1.29, 1.82) is 0 Å². The van der Waals surface area contributed by atoms with Crippen molar-refractivity contribution in [3.8, 4) is 0 Å². The highest BCUT2D eigenvalue weighted by Crippen LogP contribution is 2.54. The molecule has 2 saturated carbocycles. The summed E-state index contributed by atoms with van der Waals surface area (Å²) >= 11 is 1.81. The lowest BCUT2D eigenvalue weighted by molar-refractivity contribution is -0.125. The number of amides is 1. The Hall–Kier alpha value is -0.830. The molecule has 0 bridgehead atoms. The lowest BCUT2D eigenvalue weighted by Gasteiger charge is -2.18. The topological polar surface area (TPSA) is 29.1 Å². The molecular weight excluding hydrogens is 242 g/mol. The number of hydrogen-bond acceptors (Lipinski definition) is 2. The Labute approximate surface area is 113 Å². The summed E-state index contributed by atoms with van der Waals surface area (Å²) in [7, 11) is 0. The van der Waals surface area contributed by atoms with Crippen molar-refractivity contribution in [2.24, 2.45) is 17.8 Å². The molecule has 18 heavy (non-hydrogen) atoms. The number of carbonyl (C=O) groups excluding carboxylic acids is 1. The maximum atomic E-state index is 12.2. The molecule has 1 N–H and O–H groups in total. The van der Waals surface area contributed by atoms with E-state index in [0.29, 0.717) is 0 Å². The molecule has 0 aromatic carbocycles. The molecular formula is C15H21NOS. The van der Waals surface area contributed by atoms with Gasteiger partial charge in [-0.1, -0.05) is 0 Å². The van der Waals surface area contributed by atoms with Gasteiger partial charge in [-0.25, -0.2) is 0 Å². The summed E-state index contributed by atoms with van der Waals surface area (Å²) in [6, 6.07) is 2.36. The quantitative estimate of drug-likeness (QED) is 0.887. The minimum atomic E-state index is 0.152. The predicted octanol–water partition coefficient (Wildman–Crippen LogP) is 3.59. The van der Waals surface area contributed by atoms with E-state index in [4.69, 9.17) is 0 Å². The fourth-order valence-corrected chi connectivity index (χ4v) is 4.44. The molecule has 3 rings (SSSR count). The van der Waals surface area contributed by atoms with E-state index in [9.17, 15) is 4.79 Å². The zero-order chi connectivity index (χ0) is 12.9. The third-order valence-corrected chi connectivity index (χ3v) is 5.50. The monoisotopic (exact) mass is 263 g/mol. The average Bonchev–Trinajstić information content (AvgIpc) is 2.76. The minimum absolute atomic E-state index is 0.152. The van der Waals surface area contributed by atoms with E-state index in [2.05, 4.69) is 32.2 Å². The standard InChI is InChI=1S/C15H21NOS/c1-8-4-14(10(3)18-8)9(2)16-15(17)13-6-11-5-12(11)7-13/h4,9,11-13H,5-7H2,1-3H3,(H,16,17). The third-order valence-electron chi connectivity index (χ3n) is 4.52. The Balaban J connectivity index is 1.61. The van der Waals surface area contributed by atoms with Crippen LogP contribution in [0.2, 0.25) is 0 Å². The molecule has 2 nitrogen and oxygen atoms in total. The van der Waals surface area contributed by atoms with E-state index in [1.807, 2.05) is 11.3 Å². The van der Waals surface area contributed by atoms with Gasteiger partial charge in [0.15, 0.2) is 0 Å². The van der Waals surface area contributed by atoms with Crippen LogP contribution >= 0.6 is 11.3 Å². The second kappa shape index (κ2) is 4.37. The Morgan fingerprint density at radius 2 is 2.00 bits per heavy atom. The van der Waals surface area contributed by atoms with Gasteiger partial charge in [0.25, 0.3) is 0 Å². The predicted molar refractivity (Wildman–Crippen MR) is 74.7 cm³/mol. The number of hydrogen-bond donors (Lipinski definition) is 1. The van der Waals surface area contributed by atoms with Crippen molar-refractivity contribution in [2.45, 2.75) is 46.1 Å². The number of aryl methyl sites for hydroxylation is 2. The Bertz CT molecular complexity index is 469. The summed E-state index contributed by atoms with van der Waals surface area (Å²) in [5.74, 6) is 2.32. The van der Waals surface area contributed by atoms with Crippen molar-refractivity contribution >= 4 is 17.2 Å². The largest absolute Gasteiger partial charge is 0.349 e. The second-order valence-electron chi connectivity index (χ2n) is 6.02. The van der Waals surface area contributed by atoms with Crippen LogP contribution in [0.5, 0.6) is 0 Å². The Morgan fingerprint density at radius 1 is 1.33 bits per heavy atom. The first-order valence-electron chi connectivity index (χ1n) is 6.92. The normalized spacial score (nSPS) is 30.9. The zero-order valence-corrected chi connectivity index (χ0v) is 12.1. The van der Waals surface area contributed by atoms with E-state index in [1.54, 1.807) is 0 Å². The van der Waals surface area contributed by atoms with Gasteiger partial charge < -0.3 is 5.32 Å². The number of carbonyl (C=O) groups is 1. The lowest BCUT2D eigenvalue weighted by atomic mass is 10.0. The Kier molecular flexibility index (Phi) is 2.97. The number of rotatable bonds is 3.